The molecule has 0 amide bonds. The van der Waals surface area contributed by atoms with Gasteiger partial charge in [-0.05, 0) is 50.4 Å². The molecule has 0 radical (unpaired) electrons. The van der Waals surface area contributed by atoms with Crippen molar-refractivity contribution in [3.05, 3.63) is 25.0 Å². The average Bonchev–Trinajstić information content (AvgIpc) is 2.01. The Bertz CT molecular complexity index is 310. The minimum Gasteiger partial charge on any atom is -0.494 e. The van der Waals surface area contributed by atoms with Crippen molar-refractivity contribution in [2.75, 3.05) is 7.11 Å². The van der Waals surface area contributed by atoms with Gasteiger partial charge in [0.05, 0.1) is 16.1 Å². The van der Waals surface area contributed by atoms with Gasteiger partial charge in [0.1, 0.15) is 5.75 Å². The van der Waals surface area contributed by atoms with Crippen LogP contribution in [-0.2, 0) is 0 Å². The van der Waals surface area contributed by atoms with Crippen molar-refractivity contribution in [2.45, 2.75) is 6.92 Å². The Labute approximate surface area is 96.9 Å². The zero-order chi connectivity index (χ0) is 9.30. The molecule has 0 aromatic heterocycles. The Hall–Kier alpha value is 0.460. The fraction of sp³-hybridized carbons (Fsp3) is 0.250. The number of methoxy groups -OCH3 is 1. The first-order valence-electron chi connectivity index (χ1n) is 3.26. The van der Waals surface area contributed by atoms with Crippen molar-refractivity contribution in [3.63, 3.8) is 0 Å². The summed E-state index contributed by atoms with van der Waals surface area (Å²) in [4.78, 5) is 0. The summed E-state index contributed by atoms with van der Waals surface area (Å²) in [7, 11) is 1.65. The summed E-state index contributed by atoms with van der Waals surface area (Å²) >= 11 is 10.3. The number of hydrogen-bond donors (Lipinski definition) is 0. The Morgan fingerprint density at radius 2 is 1.75 bits per heavy atom. The van der Waals surface area contributed by atoms with E-state index in [-0.39, 0.29) is 0 Å². The molecule has 0 aliphatic heterocycles. The molecule has 66 valence electrons. The van der Waals surface area contributed by atoms with Gasteiger partial charge in [0.2, 0.25) is 0 Å². The summed E-state index contributed by atoms with van der Waals surface area (Å²) in [6.07, 6.45) is 0. The molecule has 0 fully saturated rings. The largest absolute Gasteiger partial charge is 0.494 e. The van der Waals surface area contributed by atoms with Crippen LogP contribution in [0.2, 0.25) is 0 Å². The molecule has 0 saturated carbocycles. The van der Waals surface area contributed by atoms with Crippen LogP contribution in [0.15, 0.2) is 19.5 Å². The highest BCUT2D eigenvalue weighted by Gasteiger charge is 2.10. The van der Waals surface area contributed by atoms with E-state index in [9.17, 15) is 0 Å². The lowest BCUT2D eigenvalue weighted by molar-refractivity contribution is 0.409. The van der Waals surface area contributed by atoms with Crippen LogP contribution in [0, 0.1) is 6.92 Å². The SMILES string of the molecule is COc1c(Br)cc(Br)c(C)c1Br. The lowest BCUT2D eigenvalue weighted by Gasteiger charge is -2.09. The van der Waals surface area contributed by atoms with Crippen molar-refractivity contribution in [1.82, 2.24) is 0 Å². The molecule has 0 aliphatic rings. The fourth-order valence-corrected chi connectivity index (χ4v) is 3.30. The average molecular weight is 359 g/mol. The lowest BCUT2D eigenvalue weighted by Crippen LogP contribution is -1.89. The van der Waals surface area contributed by atoms with Crippen LogP contribution >= 0.6 is 47.8 Å². The van der Waals surface area contributed by atoms with Crippen molar-refractivity contribution in [1.29, 1.82) is 0 Å². The highest BCUT2D eigenvalue weighted by molar-refractivity contribution is 9.11. The first-order valence-corrected chi connectivity index (χ1v) is 5.64. The molecule has 4 heteroatoms. The van der Waals surface area contributed by atoms with E-state index < -0.39 is 0 Å². The highest BCUT2D eigenvalue weighted by Crippen LogP contribution is 2.39. The normalized spacial score (nSPS) is 10.1. The van der Waals surface area contributed by atoms with Crippen LogP contribution in [0.5, 0.6) is 5.75 Å². The smallest absolute Gasteiger partial charge is 0.147 e. The van der Waals surface area contributed by atoms with E-state index in [4.69, 9.17) is 4.74 Å². The Morgan fingerprint density at radius 3 is 2.25 bits per heavy atom. The van der Waals surface area contributed by atoms with Crippen molar-refractivity contribution in [3.8, 4) is 5.75 Å². The summed E-state index contributed by atoms with van der Waals surface area (Å²) in [6.45, 7) is 2.02. The van der Waals surface area contributed by atoms with Gasteiger partial charge >= 0.3 is 0 Å². The maximum Gasteiger partial charge on any atom is 0.147 e. The number of benzene rings is 1. The van der Waals surface area contributed by atoms with Gasteiger partial charge in [0.15, 0.2) is 0 Å². The molecule has 0 spiro atoms. The third-order valence-corrected chi connectivity index (χ3v) is 3.93. The van der Waals surface area contributed by atoms with Gasteiger partial charge in [-0.15, -0.1) is 0 Å². The zero-order valence-corrected chi connectivity index (χ0v) is 11.4. The van der Waals surface area contributed by atoms with Crippen LogP contribution in [0.3, 0.4) is 0 Å². The second-order valence-corrected chi connectivity index (χ2v) is 4.81. The first kappa shape index (κ1) is 10.5. The molecule has 1 rings (SSSR count). The molecule has 0 aliphatic carbocycles. The molecular formula is C8H7Br3O. The van der Waals surface area contributed by atoms with Crippen molar-refractivity contribution >= 4 is 47.8 Å². The summed E-state index contributed by atoms with van der Waals surface area (Å²) in [5.41, 5.74) is 1.13. The molecule has 1 nitrogen and oxygen atoms in total. The van der Waals surface area contributed by atoms with E-state index in [1.165, 1.54) is 0 Å². The maximum atomic E-state index is 5.20. The number of hydrogen-bond acceptors (Lipinski definition) is 1. The number of halogens is 3. The van der Waals surface area contributed by atoms with Crippen molar-refractivity contribution in [2.24, 2.45) is 0 Å². The third-order valence-electron chi connectivity index (χ3n) is 1.56. The molecule has 0 bridgehead atoms. The molecule has 0 unspecified atom stereocenters. The van der Waals surface area contributed by atoms with Crippen LogP contribution < -0.4 is 4.74 Å². The van der Waals surface area contributed by atoms with Crippen LogP contribution in [0.25, 0.3) is 0 Å². The maximum absolute atomic E-state index is 5.20. The van der Waals surface area contributed by atoms with E-state index in [2.05, 4.69) is 47.8 Å². The Kier molecular flexibility index (Phi) is 3.61. The summed E-state index contributed by atoms with van der Waals surface area (Å²) in [5, 5.41) is 0. The standard InChI is InChI=1S/C8H7Br3O/c1-4-5(9)3-6(10)8(12-2)7(4)11/h3H,1-2H3. The van der Waals surface area contributed by atoms with E-state index in [1.807, 2.05) is 13.0 Å². The predicted molar refractivity (Wildman–Crippen MR) is 60.8 cm³/mol. The minimum atomic E-state index is 0.829. The first-order chi connectivity index (χ1) is 5.57. The lowest BCUT2D eigenvalue weighted by atomic mass is 10.2. The molecule has 0 saturated heterocycles. The van der Waals surface area contributed by atoms with Gasteiger partial charge in [-0.1, -0.05) is 15.9 Å². The van der Waals surface area contributed by atoms with Gasteiger partial charge in [0, 0.05) is 4.47 Å². The van der Waals surface area contributed by atoms with E-state index >= 15 is 0 Å². The zero-order valence-electron chi connectivity index (χ0n) is 6.62. The quantitative estimate of drug-likeness (QED) is 0.727. The molecular weight excluding hydrogens is 352 g/mol. The monoisotopic (exact) mass is 356 g/mol. The molecule has 0 heterocycles. The molecule has 0 N–H and O–H groups in total. The summed E-state index contributed by atoms with van der Waals surface area (Å²) in [6, 6.07) is 1.97. The molecule has 1 aromatic rings. The van der Waals surface area contributed by atoms with E-state index in [1.54, 1.807) is 7.11 Å². The minimum absolute atomic E-state index is 0.829. The summed E-state index contributed by atoms with van der Waals surface area (Å²) < 4.78 is 8.17. The van der Waals surface area contributed by atoms with Crippen molar-refractivity contribution < 1.29 is 4.74 Å². The van der Waals surface area contributed by atoms with Gasteiger partial charge in [-0.3, -0.25) is 0 Å². The number of rotatable bonds is 1. The van der Waals surface area contributed by atoms with Crippen LogP contribution in [0.1, 0.15) is 5.56 Å². The second kappa shape index (κ2) is 4.11. The third kappa shape index (κ3) is 1.86. The second-order valence-electron chi connectivity index (χ2n) is 2.31. The Morgan fingerprint density at radius 1 is 1.17 bits per heavy atom. The van der Waals surface area contributed by atoms with Crippen LogP contribution in [0.4, 0.5) is 0 Å². The van der Waals surface area contributed by atoms with Gasteiger partial charge in [0.25, 0.3) is 0 Å². The molecule has 1 aromatic carbocycles. The van der Waals surface area contributed by atoms with E-state index in [0.717, 1.165) is 24.7 Å². The van der Waals surface area contributed by atoms with Gasteiger partial charge < -0.3 is 4.74 Å². The molecule has 0 atom stereocenters. The number of ether oxygens (including phenoxy) is 1. The fourth-order valence-electron chi connectivity index (χ4n) is 0.852. The van der Waals surface area contributed by atoms with E-state index in [0.29, 0.717) is 0 Å². The topological polar surface area (TPSA) is 9.23 Å². The predicted octanol–water partition coefficient (Wildman–Crippen LogP) is 4.29. The van der Waals surface area contributed by atoms with Crippen LogP contribution in [-0.4, -0.2) is 7.11 Å². The Balaban J connectivity index is 3.40. The molecule has 12 heavy (non-hydrogen) atoms. The highest BCUT2D eigenvalue weighted by atomic mass is 79.9. The summed E-state index contributed by atoms with van der Waals surface area (Å²) in [5.74, 6) is 0.829. The van der Waals surface area contributed by atoms with Gasteiger partial charge in [-0.25, -0.2) is 0 Å². The van der Waals surface area contributed by atoms with Gasteiger partial charge in [-0.2, -0.15) is 0 Å².